The van der Waals surface area contributed by atoms with Crippen LogP contribution in [-0.4, -0.2) is 48.2 Å². The van der Waals surface area contributed by atoms with Gasteiger partial charge in [-0.15, -0.1) is 0 Å². The molecule has 0 saturated heterocycles. The number of carbonyl (C=O) groups excluding carboxylic acids is 1. The number of unbranched alkanes of at least 4 members (excludes halogenated alkanes) is 1. The smallest absolute Gasteiger partial charge is 0.181 e. The molecule has 72 valence electrons. The first-order chi connectivity index (χ1) is 6.26. The van der Waals surface area contributed by atoms with Crippen LogP contribution in [0.25, 0.3) is 0 Å². The number of likely N-dealkylation sites (N-methyl/N-ethyl adjacent to an activating group) is 1. The second-order valence-corrected chi connectivity index (χ2v) is 3.26. The molecule has 0 aliphatic carbocycles. The van der Waals surface area contributed by atoms with Gasteiger partial charge in [0, 0.05) is 0 Å². The zero-order valence-corrected chi connectivity index (χ0v) is 9.02. The van der Waals surface area contributed by atoms with Crippen molar-refractivity contribution >= 4 is 28.6 Å². The van der Waals surface area contributed by atoms with Crippen LogP contribution in [0.4, 0.5) is 0 Å². The quantitative estimate of drug-likeness (QED) is 0.317. The second kappa shape index (κ2) is 8.39. The third kappa shape index (κ3) is 5.94. The van der Waals surface area contributed by atoms with Gasteiger partial charge in [0.1, 0.15) is 0 Å². The van der Waals surface area contributed by atoms with Crippen LogP contribution in [0.5, 0.6) is 0 Å². The van der Waals surface area contributed by atoms with E-state index in [0.29, 0.717) is 12.9 Å². The molecule has 0 aromatic carbocycles. The van der Waals surface area contributed by atoms with Gasteiger partial charge in [0.05, 0.1) is 19.5 Å². The summed E-state index contributed by atoms with van der Waals surface area (Å²) in [4.78, 5) is 11.3. The largest absolute Gasteiger partial charge is 0.362 e. The Balaban J connectivity index is 3.53. The molecule has 0 aliphatic heterocycles. The van der Waals surface area contributed by atoms with Crippen molar-refractivity contribution in [3.63, 3.8) is 0 Å². The molecule has 3 nitrogen and oxygen atoms in total. The van der Waals surface area contributed by atoms with Crippen LogP contribution in [0.2, 0.25) is 0 Å². The molecule has 6 heteroatoms. The summed E-state index contributed by atoms with van der Waals surface area (Å²) in [6.07, 6.45) is 3.22. The van der Waals surface area contributed by atoms with Crippen LogP contribution < -0.4 is 10.5 Å². The first kappa shape index (κ1) is 12.8. The minimum Gasteiger partial charge on any atom is -0.362 e. The summed E-state index contributed by atoms with van der Waals surface area (Å²) >= 11 is 0. The van der Waals surface area contributed by atoms with Gasteiger partial charge in [-0.2, -0.15) is 0 Å². The van der Waals surface area contributed by atoms with Gasteiger partial charge in [-0.05, 0) is 26.4 Å². The Labute approximate surface area is 83.5 Å². The van der Waals surface area contributed by atoms with Crippen LogP contribution in [0, 0.1) is 0 Å². The van der Waals surface area contributed by atoms with Gasteiger partial charge in [0.2, 0.25) is 0 Å². The van der Waals surface area contributed by atoms with Crippen LogP contribution >= 0.6 is 0 Å². The average molecular weight is 180 g/mol. The van der Waals surface area contributed by atoms with Gasteiger partial charge >= 0.3 is 0 Å². The maximum atomic E-state index is 11.3. The average Bonchev–Trinajstić information content (AvgIpc) is 2.17. The maximum Gasteiger partial charge on any atom is 0.181 e. The fourth-order valence-corrected chi connectivity index (χ4v) is 1.36. The molecule has 0 bridgehead atoms. The van der Waals surface area contributed by atoms with E-state index in [4.69, 9.17) is 0 Å². The zero-order chi connectivity index (χ0) is 10.1. The van der Waals surface area contributed by atoms with E-state index in [2.05, 4.69) is 10.5 Å². The van der Waals surface area contributed by atoms with Gasteiger partial charge in [-0.3, -0.25) is 0 Å². The molecule has 0 spiro atoms. The zero-order valence-electron chi connectivity index (χ0n) is 9.02. The fraction of sp³-hybridized carbons (Fsp3) is 0.857. The highest BCUT2D eigenvalue weighted by Gasteiger charge is 2.12. The number of nitrogens with one attached hydrogen (secondary N) is 2. The lowest BCUT2D eigenvalue weighted by molar-refractivity contribution is -0.113. The highest BCUT2D eigenvalue weighted by molar-refractivity contribution is 7.08. The molecular weight excluding hydrogens is 161 g/mol. The molecule has 2 N–H and O–H groups in total. The molecule has 0 aliphatic rings. The molecule has 0 heterocycles. The molecule has 0 unspecified atom stereocenters. The Kier molecular flexibility index (Phi) is 8.25. The Hall–Kier alpha value is -0.215. The Morgan fingerprint density at radius 2 is 2.23 bits per heavy atom. The molecule has 1 atom stereocenters. The third-order valence-electron chi connectivity index (χ3n) is 2.26. The standard InChI is InChI=1S/C7H19B3N2O/c1-11-6(7(13)10-8)4-2-3-5-12-9/h6,10-12H,2-5,8-9H2,1H3/t6-/m0/s1. The summed E-state index contributed by atoms with van der Waals surface area (Å²) in [6, 6.07) is 0.0712. The van der Waals surface area contributed by atoms with Crippen LogP contribution in [0.3, 0.4) is 0 Å². The number of hydrogen-bond donors (Lipinski definition) is 2. The summed E-state index contributed by atoms with van der Waals surface area (Å²) in [7, 11) is 6.36. The predicted octanol–water partition coefficient (Wildman–Crippen LogP) is -2.61. The highest BCUT2D eigenvalue weighted by atomic mass is 16.1. The minimum absolute atomic E-state index is 0.0712. The van der Waals surface area contributed by atoms with Gasteiger partial charge in [-0.25, -0.2) is 0 Å². The first-order valence-corrected chi connectivity index (χ1v) is 5.10. The molecule has 13 heavy (non-hydrogen) atoms. The summed E-state index contributed by atoms with van der Waals surface area (Å²) in [6.45, 7) is 1.04. The van der Waals surface area contributed by atoms with Gasteiger partial charge in [0.15, 0.2) is 15.2 Å². The van der Waals surface area contributed by atoms with Crippen molar-refractivity contribution in [2.75, 3.05) is 13.6 Å². The molecule has 0 rings (SSSR count). The molecule has 0 radical (unpaired) electrons. The Morgan fingerprint density at radius 1 is 1.54 bits per heavy atom. The van der Waals surface area contributed by atoms with Crippen molar-refractivity contribution in [1.29, 1.82) is 0 Å². The summed E-state index contributed by atoms with van der Waals surface area (Å²) in [5, 5.41) is 6.16. The van der Waals surface area contributed by atoms with Crippen LogP contribution in [0.15, 0.2) is 0 Å². The van der Waals surface area contributed by atoms with Gasteiger partial charge in [-0.1, -0.05) is 6.42 Å². The lowest BCUT2D eigenvalue weighted by Crippen LogP contribution is -2.37. The molecule has 0 aromatic rings. The van der Waals surface area contributed by atoms with Gasteiger partial charge in [0.25, 0.3) is 0 Å². The monoisotopic (exact) mass is 180 g/mol. The van der Waals surface area contributed by atoms with Crippen molar-refractivity contribution in [2.45, 2.75) is 25.3 Å². The van der Waals surface area contributed by atoms with Gasteiger partial charge < -0.3 is 15.3 Å². The number of carbonyl (C=O) groups is 1. The van der Waals surface area contributed by atoms with E-state index in [1.165, 1.54) is 0 Å². The molecular formula is C7H19B3N2O. The molecule has 0 saturated carbocycles. The molecule has 0 aromatic heterocycles. The van der Waals surface area contributed by atoms with Crippen LogP contribution in [0.1, 0.15) is 19.3 Å². The van der Waals surface area contributed by atoms with E-state index in [-0.39, 0.29) is 6.04 Å². The first-order valence-electron chi connectivity index (χ1n) is 5.10. The number of rotatable bonds is 8. The van der Waals surface area contributed by atoms with Crippen molar-refractivity contribution in [3.8, 4) is 0 Å². The summed E-state index contributed by atoms with van der Waals surface area (Å²) < 4.78 is 0. The van der Waals surface area contributed by atoms with E-state index in [0.717, 1.165) is 25.8 Å². The third-order valence-corrected chi connectivity index (χ3v) is 2.26. The summed E-state index contributed by atoms with van der Waals surface area (Å²) in [5.74, 6) is 0. The van der Waals surface area contributed by atoms with E-state index in [1.54, 1.807) is 0 Å². The number of hydrogen-bond acceptors (Lipinski definition) is 3. The van der Waals surface area contributed by atoms with E-state index >= 15 is 0 Å². The Bertz CT molecular complexity index is 146. The topological polar surface area (TPSA) is 41.1 Å². The lowest BCUT2D eigenvalue weighted by Gasteiger charge is -2.13. The van der Waals surface area contributed by atoms with Crippen molar-refractivity contribution in [3.05, 3.63) is 0 Å². The van der Waals surface area contributed by atoms with E-state index < -0.39 is 0 Å². The van der Waals surface area contributed by atoms with Crippen molar-refractivity contribution < 1.29 is 4.79 Å². The SMILES string of the molecule is BBC(=O)[C@H](CCCCNB)NC. The van der Waals surface area contributed by atoms with Crippen LogP contribution in [-0.2, 0) is 4.79 Å². The second-order valence-electron chi connectivity index (χ2n) is 3.26. The predicted molar refractivity (Wildman–Crippen MR) is 63.9 cm³/mol. The molecule has 0 fully saturated rings. The van der Waals surface area contributed by atoms with Crippen molar-refractivity contribution in [2.24, 2.45) is 0 Å². The highest BCUT2D eigenvalue weighted by Crippen LogP contribution is 2.00. The lowest BCUT2D eigenvalue weighted by atomic mass is 9.51. The van der Waals surface area contributed by atoms with E-state index in [9.17, 15) is 4.79 Å². The minimum atomic E-state index is 0.0712. The normalized spacial score (nSPS) is 12.4. The van der Waals surface area contributed by atoms with E-state index in [1.807, 2.05) is 22.8 Å². The molecule has 0 amide bonds. The summed E-state index contributed by atoms with van der Waals surface area (Å²) in [5.41, 5.74) is 0.326. The Morgan fingerprint density at radius 3 is 2.69 bits per heavy atom. The maximum absolute atomic E-state index is 11.3. The van der Waals surface area contributed by atoms with Crippen molar-refractivity contribution in [1.82, 2.24) is 10.5 Å². The fourth-order valence-electron chi connectivity index (χ4n) is 1.36.